The van der Waals surface area contributed by atoms with Gasteiger partial charge in [-0.25, -0.2) is 0 Å². The predicted molar refractivity (Wildman–Crippen MR) is 69.0 cm³/mol. The van der Waals surface area contributed by atoms with Gasteiger partial charge in [0.1, 0.15) is 6.54 Å². The first-order valence-corrected chi connectivity index (χ1v) is 6.83. The van der Waals surface area contributed by atoms with Gasteiger partial charge in [-0.3, -0.25) is 4.72 Å². The van der Waals surface area contributed by atoms with Crippen LogP contribution in [0.15, 0.2) is 24.3 Å². The summed E-state index contributed by atoms with van der Waals surface area (Å²) >= 11 is 0. The molecule has 20 heavy (non-hydrogen) atoms. The van der Waals surface area contributed by atoms with Crippen LogP contribution in [0.2, 0.25) is 0 Å². The van der Waals surface area contributed by atoms with Gasteiger partial charge in [-0.15, -0.1) is 0 Å². The lowest BCUT2D eigenvalue weighted by Gasteiger charge is -2.11. The van der Waals surface area contributed by atoms with Crippen LogP contribution in [0, 0.1) is 11.8 Å². The molecule has 1 rings (SSSR count). The zero-order valence-electron chi connectivity index (χ0n) is 10.2. The Labute approximate surface area is 114 Å². The third kappa shape index (κ3) is 6.42. The molecule has 1 aromatic carbocycles. The standard InChI is InChI=1S/C11H12F3N3O2S/c12-11(13,14)8-16-20(18,19)17-10-5-1-3-9(7-10)4-2-6-15/h1,3,5,7,16-17H,6,8,15H2. The fourth-order valence-electron chi connectivity index (χ4n) is 1.18. The molecule has 0 heterocycles. The van der Waals surface area contributed by atoms with Gasteiger partial charge in [0.15, 0.2) is 0 Å². The smallest absolute Gasteiger partial charge is 0.320 e. The highest BCUT2D eigenvalue weighted by atomic mass is 32.2. The van der Waals surface area contributed by atoms with Crippen molar-refractivity contribution in [1.82, 2.24) is 4.72 Å². The molecule has 0 aliphatic rings. The molecule has 0 saturated heterocycles. The Hall–Kier alpha value is -1.76. The lowest BCUT2D eigenvalue weighted by Crippen LogP contribution is -2.37. The summed E-state index contributed by atoms with van der Waals surface area (Å²) in [6.07, 6.45) is -4.62. The first-order chi connectivity index (χ1) is 9.22. The van der Waals surface area contributed by atoms with Crippen LogP contribution < -0.4 is 15.2 Å². The van der Waals surface area contributed by atoms with Gasteiger partial charge in [0.05, 0.1) is 12.2 Å². The third-order valence-electron chi connectivity index (χ3n) is 1.91. The SMILES string of the molecule is NCC#Cc1cccc(NS(=O)(=O)NCC(F)(F)F)c1. The lowest BCUT2D eigenvalue weighted by molar-refractivity contribution is -0.121. The Morgan fingerprint density at radius 3 is 2.60 bits per heavy atom. The third-order valence-corrected chi connectivity index (χ3v) is 2.94. The Balaban J connectivity index is 2.77. The molecule has 0 radical (unpaired) electrons. The lowest BCUT2D eigenvalue weighted by atomic mass is 10.2. The number of anilines is 1. The zero-order chi connectivity index (χ0) is 15.2. The highest BCUT2D eigenvalue weighted by molar-refractivity contribution is 7.90. The minimum absolute atomic E-state index is 0.100. The number of halogens is 3. The number of benzene rings is 1. The van der Waals surface area contributed by atoms with Gasteiger partial charge in [0.2, 0.25) is 0 Å². The molecule has 0 aromatic heterocycles. The minimum atomic E-state index is -4.62. The maximum absolute atomic E-state index is 11.9. The molecule has 0 atom stereocenters. The number of alkyl halides is 3. The van der Waals surface area contributed by atoms with Crippen molar-refractivity contribution < 1.29 is 21.6 Å². The second kappa shape index (κ2) is 6.60. The Kier molecular flexibility index (Phi) is 5.38. The van der Waals surface area contributed by atoms with Gasteiger partial charge >= 0.3 is 6.18 Å². The van der Waals surface area contributed by atoms with E-state index in [2.05, 4.69) is 11.8 Å². The van der Waals surface area contributed by atoms with Crippen LogP contribution >= 0.6 is 0 Å². The van der Waals surface area contributed by atoms with E-state index in [1.54, 1.807) is 6.07 Å². The second-order valence-corrected chi connectivity index (χ2v) is 5.13. The largest absolute Gasteiger partial charge is 0.402 e. The first-order valence-electron chi connectivity index (χ1n) is 5.35. The maximum Gasteiger partial charge on any atom is 0.402 e. The quantitative estimate of drug-likeness (QED) is 0.720. The van der Waals surface area contributed by atoms with Crippen molar-refractivity contribution in [3.63, 3.8) is 0 Å². The predicted octanol–water partition coefficient (Wildman–Crippen LogP) is 0.805. The number of hydrogen-bond donors (Lipinski definition) is 3. The highest BCUT2D eigenvalue weighted by Gasteiger charge is 2.29. The Morgan fingerprint density at radius 1 is 1.30 bits per heavy atom. The van der Waals surface area contributed by atoms with E-state index < -0.39 is 22.9 Å². The van der Waals surface area contributed by atoms with Gasteiger partial charge in [0.25, 0.3) is 10.2 Å². The second-order valence-electron chi connectivity index (χ2n) is 3.63. The molecule has 1 aromatic rings. The topological polar surface area (TPSA) is 84.2 Å². The summed E-state index contributed by atoms with van der Waals surface area (Å²) in [5.74, 6) is 5.25. The number of nitrogens with one attached hydrogen (secondary N) is 2. The number of hydrogen-bond acceptors (Lipinski definition) is 3. The number of rotatable bonds is 4. The van der Waals surface area contributed by atoms with E-state index in [4.69, 9.17) is 5.73 Å². The molecule has 0 amide bonds. The van der Waals surface area contributed by atoms with E-state index >= 15 is 0 Å². The fourth-order valence-corrected chi connectivity index (χ4v) is 2.04. The Bertz CT molecular complexity index is 618. The van der Waals surface area contributed by atoms with Gasteiger partial charge in [-0.2, -0.15) is 26.3 Å². The zero-order valence-corrected chi connectivity index (χ0v) is 11.0. The van der Waals surface area contributed by atoms with E-state index in [1.165, 1.54) is 22.9 Å². The molecule has 0 spiro atoms. The number of nitrogens with two attached hydrogens (primary N) is 1. The van der Waals surface area contributed by atoms with E-state index in [0.29, 0.717) is 5.56 Å². The van der Waals surface area contributed by atoms with E-state index in [0.717, 1.165) is 0 Å². The summed E-state index contributed by atoms with van der Waals surface area (Å²) < 4.78 is 62.0. The van der Waals surface area contributed by atoms with Crippen LogP contribution in [-0.2, 0) is 10.2 Å². The monoisotopic (exact) mass is 307 g/mol. The van der Waals surface area contributed by atoms with Crippen molar-refractivity contribution in [2.45, 2.75) is 6.18 Å². The molecule has 0 aliphatic heterocycles. The highest BCUT2D eigenvalue weighted by Crippen LogP contribution is 2.14. The first kappa shape index (κ1) is 16.3. The van der Waals surface area contributed by atoms with Gasteiger partial charge < -0.3 is 5.73 Å². The van der Waals surface area contributed by atoms with Crippen LogP contribution in [0.25, 0.3) is 0 Å². The fraction of sp³-hybridized carbons (Fsp3) is 0.273. The Morgan fingerprint density at radius 2 is 2.00 bits per heavy atom. The molecule has 0 saturated carbocycles. The molecule has 110 valence electrons. The minimum Gasteiger partial charge on any atom is -0.320 e. The molecule has 0 bridgehead atoms. The molecule has 0 aliphatic carbocycles. The van der Waals surface area contributed by atoms with Gasteiger partial charge in [0, 0.05) is 5.56 Å². The summed E-state index contributed by atoms with van der Waals surface area (Å²) in [5, 5.41) is 0. The van der Waals surface area contributed by atoms with E-state index in [9.17, 15) is 21.6 Å². The summed E-state index contributed by atoms with van der Waals surface area (Å²) in [7, 11) is -4.30. The summed E-state index contributed by atoms with van der Waals surface area (Å²) in [4.78, 5) is 0. The molecule has 0 fully saturated rings. The van der Waals surface area contributed by atoms with Crippen LogP contribution in [0.3, 0.4) is 0 Å². The van der Waals surface area contributed by atoms with Crippen molar-refractivity contribution in [3.05, 3.63) is 29.8 Å². The van der Waals surface area contributed by atoms with Crippen molar-refractivity contribution in [3.8, 4) is 11.8 Å². The molecule has 0 unspecified atom stereocenters. The summed E-state index contributed by atoms with van der Waals surface area (Å²) in [6.45, 7) is -1.50. The van der Waals surface area contributed by atoms with Crippen LogP contribution in [0.5, 0.6) is 0 Å². The van der Waals surface area contributed by atoms with Crippen LogP contribution in [0.1, 0.15) is 5.56 Å². The average Bonchev–Trinajstić information content (AvgIpc) is 2.33. The molecular weight excluding hydrogens is 295 g/mol. The molecule has 4 N–H and O–H groups in total. The van der Waals surface area contributed by atoms with E-state index in [-0.39, 0.29) is 12.2 Å². The van der Waals surface area contributed by atoms with Crippen LogP contribution in [0.4, 0.5) is 18.9 Å². The van der Waals surface area contributed by atoms with Crippen molar-refractivity contribution in [2.24, 2.45) is 5.73 Å². The van der Waals surface area contributed by atoms with Gasteiger partial charge in [-0.1, -0.05) is 17.9 Å². The summed E-state index contributed by atoms with van der Waals surface area (Å²) in [5.41, 5.74) is 5.79. The van der Waals surface area contributed by atoms with Crippen molar-refractivity contribution in [2.75, 3.05) is 17.8 Å². The normalized spacial score (nSPS) is 11.6. The van der Waals surface area contributed by atoms with Gasteiger partial charge in [-0.05, 0) is 18.2 Å². The molecule has 5 nitrogen and oxygen atoms in total. The van der Waals surface area contributed by atoms with E-state index in [1.807, 2.05) is 4.72 Å². The molecule has 9 heteroatoms. The summed E-state index contributed by atoms with van der Waals surface area (Å²) in [6, 6.07) is 5.90. The van der Waals surface area contributed by atoms with Crippen molar-refractivity contribution >= 4 is 15.9 Å². The van der Waals surface area contributed by atoms with Crippen molar-refractivity contribution in [1.29, 1.82) is 0 Å². The van der Waals surface area contributed by atoms with Crippen LogP contribution in [-0.4, -0.2) is 27.7 Å². The average molecular weight is 307 g/mol. The maximum atomic E-state index is 11.9. The molecular formula is C11H12F3N3O2S.